The number of nitro groups is 1. The highest BCUT2D eigenvalue weighted by Gasteiger charge is 2.34. The molecule has 0 N–H and O–H groups in total. The van der Waals surface area contributed by atoms with E-state index >= 15 is 0 Å². The number of aryl methyl sites for hydroxylation is 1. The van der Waals surface area contributed by atoms with E-state index in [2.05, 4.69) is 9.97 Å². The van der Waals surface area contributed by atoms with Gasteiger partial charge in [0.25, 0.3) is 0 Å². The van der Waals surface area contributed by atoms with Gasteiger partial charge in [0.15, 0.2) is 0 Å². The van der Waals surface area contributed by atoms with Crippen LogP contribution in [-0.2, 0) is 4.79 Å². The van der Waals surface area contributed by atoms with Crippen LogP contribution in [0.3, 0.4) is 0 Å². The fraction of sp³-hybridized carbons (Fsp3) is 0.545. The number of nitrogens with zero attached hydrogens (tertiary/aromatic N) is 3. The van der Waals surface area contributed by atoms with Gasteiger partial charge in [0.2, 0.25) is 5.15 Å². The Labute approximate surface area is 109 Å². The summed E-state index contributed by atoms with van der Waals surface area (Å²) in [6.07, 6.45) is 2.74. The zero-order chi connectivity index (χ0) is 13.3. The fourth-order valence-electron chi connectivity index (χ4n) is 2.24. The molecular formula is C11H12ClN3O3. The van der Waals surface area contributed by atoms with Gasteiger partial charge in [-0.05, 0) is 19.8 Å². The molecule has 0 radical (unpaired) electrons. The van der Waals surface area contributed by atoms with Crippen molar-refractivity contribution in [2.24, 2.45) is 0 Å². The van der Waals surface area contributed by atoms with Crippen LogP contribution in [0.5, 0.6) is 0 Å². The van der Waals surface area contributed by atoms with E-state index in [1.807, 2.05) is 0 Å². The van der Waals surface area contributed by atoms with Crippen molar-refractivity contribution >= 4 is 23.1 Å². The Balaban J connectivity index is 2.54. The first-order chi connectivity index (χ1) is 8.50. The molecule has 7 heteroatoms. The summed E-state index contributed by atoms with van der Waals surface area (Å²) in [7, 11) is 0. The molecule has 6 nitrogen and oxygen atoms in total. The van der Waals surface area contributed by atoms with Crippen LogP contribution >= 0.6 is 11.6 Å². The van der Waals surface area contributed by atoms with Gasteiger partial charge in [-0.25, -0.2) is 9.97 Å². The molecule has 0 aromatic carbocycles. The molecule has 0 spiro atoms. The molecule has 2 rings (SSSR count). The Kier molecular flexibility index (Phi) is 3.56. The van der Waals surface area contributed by atoms with Crippen LogP contribution in [0.1, 0.15) is 43.1 Å². The average molecular weight is 270 g/mol. The lowest BCUT2D eigenvalue weighted by Gasteiger charge is -2.19. The highest BCUT2D eigenvalue weighted by atomic mass is 35.5. The van der Waals surface area contributed by atoms with Gasteiger partial charge >= 0.3 is 5.69 Å². The van der Waals surface area contributed by atoms with E-state index < -0.39 is 10.8 Å². The van der Waals surface area contributed by atoms with Crippen LogP contribution in [0.25, 0.3) is 0 Å². The number of hydrogen-bond acceptors (Lipinski definition) is 5. The van der Waals surface area contributed by atoms with Crippen LogP contribution in [-0.4, -0.2) is 20.7 Å². The van der Waals surface area contributed by atoms with Gasteiger partial charge in [0.05, 0.1) is 10.8 Å². The number of aromatic nitrogens is 2. The Morgan fingerprint density at radius 2 is 2.11 bits per heavy atom. The van der Waals surface area contributed by atoms with Crippen molar-refractivity contribution in [2.75, 3.05) is 0 Å². The van der Waals surface area contributed by atoms with Gasteiger partial charge < -0.3 is 0 Å². The summed E-state index contributed by atoms with van der Waals surface area (Å²) in [4.78, 5) is 30.1. The predicted octanol–water partition coefficient (Wildman–Crippen LogP) is 2.57. The molecule has 1 aromatic heterocycles. The maximum Gasteiger partial charge on any atom is 0.328 e. The van der Waals surface area contributed by atoms with Crippen molar-refractivity contribution in [3.63, 3.8) is 0 Å². The predicted molar refractivity (Wildman–Crippen MR) is 64.6 cm³/mol. The van der Waals surface area contributed by atoms with Gasteiger partial charge in [0.1, 0.15) is 17.3 Å². The van der Waals surface area contributed by atoms with Crippen LogP contribution in [0.15, 0.2) is 0 Å². The molecule has 1 atom stereocenters. The van der Waals surface area contributed by atoms with Crippen molar-refractivity contribution in [1.82, 2.24) is 9.97 Å². The Hall–Kier alpha value is -1.56. The van der Waals surface area contributed by atoms with Gasteiger partial charge in [-0.15, -0.1) is 0 Å². The molecule has 1 aliphatic carbocycles. The molecule has 1 aliphatic rings. The van der Waals surface area contributed by atoms with E-state index in [-0.39, 0.29) is 22.3 Å². The van der Waals surface area contributed by atoms with Gasteiger partial charge in [-0.1, -0.05) is 18.0 Å². The fourth-order valence-corrected chi connectivity index (χ4v) is 2.53. The molecule has 0 amide bonds. The summed E-state index contributed by atoms with van der Waals surface area (Å²) >= 11 is 5.79. The van der Waals surface area contributed by atoms with Crippen LogP contribution in [0.2, 0.25) is 5.15 Å². The number of carbonyl (C=O) groups is 1. The minimum atomic E-state index is -0.612. The lowest BCUT2D eigenvalue weighted by atomic mass is 9.85. The third kappa shape index (κ3) is 2.33. The highest BCUT2D eigenvalue weighted by Crippen LogP contribution is 2.36. The molecule has 0 aliphatic heterocycles. The van der Waals surface area contributed by atoms with Crippen molar-refractivity contribution in [3.05, 3.63) is 26.8 Å². The Morgan fingerprint density at radius 3 is 2.72 bits per heavy atom. The van der Waals surface area contributed by atoms with Crippen LogP contribution < -0.4 is 0 Å². The van der Waals surface area contributed by atoms with Gasteiger partial charge in [0, 0.05) is 6.42 Å². The highest BCUT2D eigenvalue weighted by molar-refractivity contribution is 6.31. The van der Waals surface area contributed by atoms with Crippen molar-refractivity contribution < 1.29 is 9.72 Å². The summed E-state index contributed by atoms with van der Waals surface area (Å²) in [5.41, 5.74) is -0.162. The van der Waals surface area contributed by atoms with Gasteiger partial charge in [-0.2, -0.15) is 0 Å². The van der Waals surface area contributed by atoms with Crippen LogP contribution in [0.4, 0.5) is 5.69 Å². The first kappa shape index (κ1) is 12.9. The maximum atomic E-state index is 11.9. The Bertz CT molecular complexity index is 519. The third-order valence-corrected chi connectivity index (χ3v) is 3.31. The average Bonchev–Trinajstić information content (AvgIpc) is 2.27. The number of ketones is 1. The molecule has 1 saturated carbocycles. The van der Waals surface area contributed by atoms with E-state index in [0.717, 1.165) is 12.8 Å². The first-order valence-corrected chi connectivity index (χ1v) is 6.09. The van der Waals surface area contributed by atoms with Crippen LogP contribution in [0, 0.1) is 17.0 Å². The number of hydrogen-bond donors (Lipinski definition) is 0. The zero-order valence-electron chi connectivity index (χ0n) is 9.85. The Morgan fingerprint density at radius 1 is 1.39 bits per heavy atom. The van der Waals surface area contributed by atoms with E-state index in [1.54, 1.807) is 6.92 Å². The molecule has 0 bridgehead atoms. The van der Waals surface area contributed by atoms with E-state index in [4.69, 9.17) is 11.6 Å². The molecule has 96 valence electrons. The normalized spacial score (nSPS) is 19.9. The zero-order valence-corrected chi connectivity index (χ0v) is 10.6. The molecular weight excluding hydrogens is 258 g/mol. The largest absolute Gasteiger partial charge is 0.328 e. The number of rotatable bonds is 2. The molecule has 1 unspecified atom stereocenters. The van der Waals surface area contributed by atoms with Crippen molar-refractivity contribution in [2.45, 2.75) is 38.5 Å². The minimum Gasteiger partial charge on any atom is -0.299 e. The number of carbonyl (C=O) groups excluding carboxylic acids is 1. The summed E-state index contributed by atoms with van der Waals surface area (Å²) < 4.78 is 0. The first-order valence-electron chi connectivity index (χ1n) is 5.72. The van der Waals surface area contributed by atoms with E-state index in [1.165, 1.54) is 0 Å². The molecule has 1 fully saturated rings. The quantitative estimate of drug-likeness (QED) is 0.468. The summed E-state index contributed by atoms with van der Waals surface area (Å²) in [5.74, 6) is -0.171. The summed E-state index contributed by atoms with van der Waals surface area (Å²) in [5, 5.41) is 10.8. The standard InChI is InChI=1S/C11H12ClN3O3/c1-6-13-9(7-4-2-3-5-8(7)16)10(15(17)18)11(12)14-6/h7H,2-5H2,1H3. The summed E-state index contributed by atoms with van der Waals surface area (Å²) in [6, 6.07) is 0. The number of Topliss-reactive ketones (excluding diaryl/α,β-unsaturated/α-hetero) is 1. The smallest absolute Gasteiger partial charge is 0.299 e. The second-order valence-electron chi connectivity index (χ2n) is 4.32. The monoisotopic (exact) mass is 269 g/mol. The topological polar surface area (TPSA) is 86.0 Å². The van der Waals surface area contributed by atoms with E-state index in [9.17, 15) is 14.9 Å². The lowest BCUT2D eigenvalue weighted by Crippen LogP contribution is -2.20. The molecule has 18 heavy (non-hydrogen) atoms. The minimum absolute atomic E-state index is 0.00137. The van der Waals surface area contributed by atoms with E-state index in [0.29, 0.717) is 18.7 Å². The molecule has 1 aromatic rings. The van der Waals surface area contributed by atoms with Gasteiger partial charge in [-0.3, -0.25) is 14.9 Å². The second-order valence-corrected chi connectivity index (χ2v) is 4.68. The number of halogens is 1. The SMILES string of the molecule is Cc1nc(Cl)c([N+](=O)[O-])c(C2CCCCC2=O)n1. The van der Waals surface area contributed by atoms with Crippen molar-refractivity contribution in [1.29, 1.82) is 0 Å². The third-order valence-electron chi connectivity index (χ3n) is 3.05. The second kappa shape index (κ2) is 4.97. The maximum absolute atomic E-state index is 11.9. The lowest BCUT2D eigenvalue weighted by molar-refractivity contribution is -0.386. The molecule has 1 heterocycles. The molecule has 0 saturated heterocycles. The van der Waals surface area contributed by atoms with Crippen molar-refractivity contribution in [3.8, 4) is 0 Å². The summed E-state index contributed by atoms with van der Waals surface area (Å²) in [6.45, 7) is 1.60.